The van der Waals surface area contributed by atoms with Crippen molar-refractivity contribution in [3.05, 3.63) is 64.9 Å². The number of morpholine rings is 1. The van der Waals surface area contributed by atoms with Crippen LogP contribution < -0.4 is 4.74 Å². The van der Waals surface area contributed by atoms with Gasteiger partial charge in [-0.25, -0.2) is 4.39 Å². The fourth-order valence-electron chi connectivity index (χ4n) is 4.20. The Morgan fingerprint density at radius 2 is 1.81 bits per heavy atom. The number of rotatable bonds is 5. The van der Waals surface area contributed by atoms with Crippen molar-refractivity contribution in [2.45, 2.75) is 18.9 Å². The van der Waals surface area contributed by atoms with E-state index in [2.05, 4.69) is 0 Å². The highest BCUT2D eigenvalue weighted by Crippen LogP contribution is 2.28. The van der Waals surface area contributed by atoms with Crippen LogP contribution in [0.2, 0.25) is 5.02 Å². The Balaban J connectivity index is 1.49. The second-order valence-electron chi connectivity index (χ2n) is 8.12. The second-order valence-corrected chi connectivity index (χ2v) is 8.55. The van der Waals surface area contributed by atoms with Gasteiger partial charge in [0.2, 0.25) is 5.91 Å². The molecule has 2 amide bonds. The first-order chi connectivity index (χ1) is 15.5. The molecule has 0 saturated carbocycles. The SMILES string of the molecule is O=C(C[C@H]1CN(C(=O)c2cccc(Cl)c2)CC[C@@H]1Oc1ccc(F)cc1)N1CCOCC1. The Kier molecular flexibility index (Phi) is 7.27. The van der Waals surface area contributed by atoms with E-state index in [0.717, 1.165) is 0 Å². The molecule has 2 aliphatic heterocycles. The van der Waals surface area contributed by atoms with E-state index >= 15 is 0 Å². The lowest BCUT2D eigenvalue weighted by atomic mass is 9.90. The maximum Gasteiger partial charge on any atom is 0.253 e. The van der Waals surface area contributed by atoms with Crippen LogP contribution in [0.5, 0.6) is 5.75 Å². The molecule has 2 heterocycles. The summed E-state index contributed by atoms with van der Waals surface area (Å²) in [5.41, 5.74) is 0.522. The van der Waals surface area contributed by atoms with Crippen LogP contribution in [0.15, 0.2) is 48.5 Å². The quantitative estimate of drug-likeness (QED) is 0.683. The fourth-order valence-corrected chi connectivity index (χ4v) is 4.39. The molecule has 2 saturated heterocycles. The molecule has 8 heteroatoms. The van der Waals surface area contributed by atoms with Crippen molar-refractivity contribution in [3.63, 3.8) is 0 Å². The molecular weight excluding hydrogens is 435 g/mol. The third-order valence-corrected chi connectivity index (χ3v) is 6.16. The van der Waals surface area contributed by atoms with Crippen molar-refractivity contribution in [3.8, 4) is 5.75 Å². The van der Waals surface area contributed by atoms with E-state index in [9.17, 15) is 14.0 Å². The summed E-state index contributed by atoms with van der Waals surface area (Å²) in [4.78, 5) is 29.6. The Bertz CT molecular complexity index is 949. The highest BCUT2D eigenvalue weighted by atomic mass is 35.5. The largest absolute Gasteiger partial charge is 0.490 e. The highest BCUT2D eigenvalue weighted by molar-refractivity contribution is 6.30. The van der Waals surface area contributed by atoms with E-state index in [-0.39, 0.29) is 36.1 Å². The van der Waals surface area contributed by atoms with E-state index in [1.54, 1.807) is 46.2 Å². The normalized spacial score (nSPS) is 21.3. The number of hydrogen-bond acceptors (Lipinski definition) is 4. The van der Waals surface area contributed by atoms with Crippen molar-refractivity contribution >= 4 is 23.4 Å². The standard InChI is InChI=1S/C24H26ClFN2O4/c25-19-3-1-2-17(14-19)24(30)28-9-8-22(32-21-6-4-20(26)5-7-21)18(16-28)15-23(29)27-10-12-31-13-11-27/h1-7,14,18,22H,8-13,15-16H2/t18-,22-/m0/s1. The number of benzene rings is 2. The maximum atomic E-state index is 13.3. The van der Waals surface area contributed by atoms with E-state index in [1.165, 1.54) is 12.1 Å². The van der Waals surface area contributed by atoms with Crippen molar-refractivity contribution in [1.29, 1.82) is 0 Å². The Morgan fingerprint density at radius 3 is 2.53 bits per heavy atom. The first-order valence-electron chi connectivity index (χ1n) is 10.8. The molecule has 2 aromatic carbocycles. The lowest BCUT2D eigenvalue weighted by molar-refractivity contribution is -0.137. The molecule has 32 heavy (non-hydrogen) atoms. The molecule has 2 fully saturated rings. The Labute approximate surface area is 191 Å². The van der Waals surface area contributed by atoms with Gasteiger partial charge < -0.3 is 19.3 Å². The summed E-state index contributed by atoms with van der Waals surface area (Å²) in [6, 6.07) is 12.7. The molecule has 0 unspecified atom stereocenters. The highest BCUT2D eigenvalue weighted by Gasteiger charge is 2.36. The fraction of sp³-hybridized carbons (Fsp3) is 0.417. The number of halogens is 2. The number of nitrogens with zero attached hydrogens (tertiary/aromatic N) is 2. The zero-order chi connectivity index (χ0) is 22.5. The van der Waals surface area contributed by atoms with Crippen molar-refractivity contribution in [1.82, 2.24) is 9.80 Å². The molecule has 0 bridgehead atoms. The van der Waals surface area contributed by atoms with Crippen molar-refractivity contribution < 1.29 is 23.5 Å². The van der Waals surface area contributed by atoms with Gasteiger partial charge in [-0.1, -0.05) is 17.7 Å². The van der Waals surface area contributed by atoms with Gasteiger partial charge in [0.1, 0.15) is 17.7 Å². The van der Waals surface area contributed by atoms with Crippen LogP contribution in [0, 0.1) is 11.7 Å². The molecule has 0 N–H and O–H groups in total. The van der Waals surface area contributed by atoms with Crippen LogP contribution in [0.25, 0.3) is 0 Å². The number of piperidine rings is 1. The third kappa shape index (κ3) is 5.58. The molecular formula is C24H26ClFN2O4. The van der Waals surface area contributed by atoms with Gasteiger partial charge in [0.25, 0.3) is 5.91 Å². The summed E-state index contributed by atoms with van der Waals surface area (Å²) < 4.78 is 24.8. The molecule has 170 valence electrons. The van der Waals surface area contributed by atoms with Gasteiger partial charge in [-0.2, -0.15) is 0 Å². The van der Waals surface area contributed by atoms with Gasteiger partial charge in [0.15, 0.2) is 0 Å². The van der Waals surface area contributed by atoms with E-state index < -0.39 is 0 Å². The summed E-state index contributed by atoms with van der Waals surface area (Å²) in [7, 11) is 0. The summed E-state index contributed by atoms with van der Waals surface area (Å²) in [6.45, 7) is 3.10. The second kappa shape index (κ2) is 10.3. The molecule has 0 aromatic heterocycles. The van der Waals surface area contributed by atoms with E-state index in [4.69, 9.17) is 21.1 Å². The van der Waals surface area contributed by atoms with Crippen molar-refractivity contribution in [2.75, 3.05) is 39.4 Å². The lowest BCUT2D eigenvalue weighted by Gasteiger charge is -2.39. The Morgan fingerprint density at radius 1 is 1.06 bits per heavy atom. The molecule has 2 atom stereocenters. The number of hydrogen-bond donors (Lipinski definition) is 0. The first-order valence-corrected chi connectivity index (χ1v) is 11.2. The monoisotopic (exact) mass is 460 g/mol. The van der Waals surface area contributed by atoms with Gasteiger partial charge in [-0.05, 0) is 42.5 Å². The average molecular weight is 461 g/mol. The Hall–Kier alpha value is -2.64. The summed E-state index contributed by atoms with van der Waals surface area (Å²) in [5.74, 6) is -0.0555. The van der Waals surface area contributed by atoms with Gasteiger partial charge >= 0.3 is 0 Å². The third-order valence-electron chi connectivity index (χ3n) is 5.92. The lowest BCUT2D eigenvalue weighted by Crippen LogP contribution is -2.50. The number of likely N-dealkylation sites (tertiary alicyclic amines) is 1. The van der Waals surface area contributed by atoms with Crippen LogP contribution in [0.1, 0.15) is 23.2 Å². The average Bonchev–Trinajstić information content (AvgIpc) is 2.81. The van der Waals surface area contributed by atoms with Crippen LogP contribution in [-0.4, -0.2) is 67.1 Å². The minimum absolute atomic E-state index is 0.0306. The summed E-state index contributed by atoms with van der Waals surface area (Å²) in [5, 5.41) is 0.504. The molecule has 0 aliphatic carbocycles. The maximum absolute atomic E-state index is 13.3. The van der Waals surface area contributed by atoms with Gasteiger partial charge in [-0.15, -0.1) is 0 Å². The van der Waals surface area contributed by atoms with Gasteiger partial charge in [0.05, 0.1) is 13.2 Å². The smallest absolute Gasteiger partial charge is 0.253 e. The van der Waals surface area contributed by atoms with Gasteiger partial charge in [0, 0.05) is 55.5 Å². The zero-order valence-electron chi connectivity index (χ0n) is 17.7. The first kappa shape index (κ1) is 22.6. The minimum atomic E-state index is -0.335. The van der Waals surface area contributed by atoms with Crippen molar-refractivity contribution in [2.24, 2.45) is 5.92 Å². The molecule has 6 nitrogen and oxygen atoms in total. The topological polar surface area (TPSA) is 59.1 Å². The van der Waals surface area contributed by atoms with E-state index in [1.807, 2.05) is 0 Å². The van der Waals surface area contributed by atoms with Crippen LogP contribution >= 0.6 is 11.6 Å². The van der Waals surface area contributed by atoms with Crippen LogP contribution in [-0.2, 0) is 9.53 Å². The molecule has 0 radical (unpaired) electrons. The number of ether oxygens (including phenoxy) is 2. The van der Waals surface area contributed by atoms with Crippen LogP contribution in [0.4, 0.5) is 4.39 Å². The predicted molar refractivity (Wildman–Crippen MR) is 118 cm³/mol. The minimum Gasteiger partial charge on any atom is -0.490 e. The molecule has 2 aliphatic rings. The number of carbonyl (C=O) groups excluding carboxylic acids is 2. The van der Waals surface area contributed by atoms with Gasteiger partial charge in [-0.3, -0.25) is 9.59 Å². The number of carbonyl (C=O) groups is 2. The summed E-state index contributed by atoms with van der Waals surface area (Å²) in [6.07, 6.45) is 0.587. The molecule has 0 spiro atoms. The van der Waals surface area contributed by atoms with E-state index in [0.29, 0.717) is 62.1 Å². The number of amides is 2. The molecule has 2 aromatic rings. The zero-order valence-corrected chi connectivity index (χ0v) is 18.5. The van der Waals surface area contributed by atoms with Crippen LogP contribution in [0.3, 0.4) is 0 Å². The predicted octanol–water partition coefficient (Wildman–Crippen LogP) is 3.64. The molecule has 4 rings (SSSR count). The summed E-state index contributed by atoms with van der Waals surface area (Å²) >= 11 is 6.06.